The molecule has 0 bridgehead atoms. The molecule has 0 aliphatic heterocycles. The number of hydrogen-bond acceptors (Lipinski definition) is 2. The lowest BCUT2D eigenvalue weighted by atomic mass is 10.1. The second kappa shape index (κ2) is 3.72. The van der Waals surface area contributed by atoms with Crippen LogP contribution in [0, 0.1) is 0 Å². The van der Waals surface area contributed by atoms with Crippen LogP contribution in [0.2, 0.25) is 0 Å². The largest absolute Gasteiger partial charge is 0.508 e. The number of carbonyl (C=O) groups is 1. The molecule has 0 unspecified atom stereocenters. The van der Waals surface area contributed by atoms with Crippen LogP contribution in [0.1, 0.15) is 5.56 Å². The van der Waals surface area contributed by atoms with Gasteiger partial charge in [0, 0.05) is 12.0 Å². The van der Waals surface area contributed by atoms with E-state index in [1.54, 1.807) is 24.3 Å². The monoisotopic (exact) mass is 162 g/mol. The van der Waals surface area contributed by atoms with E-state index < -0.39 is 0 Å². The second-order valence-corrected chi connectivity index (χ2v) is 2.48. The zero-order valence-corrected chi connectivity index (χ0v) is 6.66. The summed E-state index contributed by atoms with van der Waals surface area (Å²) in [6, 6.07) is 6.78. The summed E-state index contributed by atoms with van der Waals surface area (Å²) in [6.45, 7) is 3.36. The number of carbonyl (C=O) groups excluding carboxylic acids is 1. The summed E-state index contributed by atoms with van der Waals surface area (Å²) in [5.41, 5.74) is 0.641. The average molecular weight is 162 g/mol. The van der Waals surface area contributed by atoms with Gasteiger partial charge >= 0.3 is 0 Å². The molecular weight excluding hydrogens is 152 g/mol. The third-order valence-corrected chi connectivity index (χ3v) is 1.58. The molecule has 0 aliphatic rings. The Kier molecular flexibility index (Phi) is 2.64. The number of phenols is 1. The molecule has 1 aromatic rings. The Morgan fingerprint density at radius 2 is 2.17 bits per heavy atom. The third-order valence-electron chi connectivity index (χ3n) is 1.58. The van der Waals surface area contributed by atoms with Gasteiger partial charge < -0.3 is 5.11 Å². The van der Waals surface area contributed by atoms with Gasteiger partial charge in [-0.3, -0.25) is 4.79 Å². The lowest BCUT2D eigenvalue weighted by Gasteiger charge is -1.99. The second-order valence-electron chi connectivity index (χ2n) is 2.48. The molecule has 1 aromatic carbocycles. The summed E-state index contributed by atoms with van der Waals surface area (Å²) < 4.78 is 0. The molecule has 0 atom stereocenters. The SMILES string of the molecule is C=CC(=O)Cc1ccccc1O. The smallest absolute Gasteiger partial charge is 0.159 e. The van der Waals surface area contributed by atoms with E-state index in [4.69, 9.17) is 0 Å². The summed E-state index contributed by atoms with van der Waals surface area (Å²) in [5.74, 6) is 0.0733. The van der Waals surface area contributed by atoms with Gasteiger partial charge in [-0.25, -0.2) is 0 Å². The molecule has 2 nitrogen and oxygen atoms in total. The fourth-order valence-corrected chi connectivity index (χ4v) is 0.920. The zero-order chi connectivity index (χ0) is 8.97. The quantitative estimate of drug-likeness (QED) is 0.687. The van der Waals surface area contributed by atoms with Crippen LogP contribution < -0.4 is 0 Å². The average Bonchev–Trinajstić information content (AvgIpc) is 2.09. The molecule has 0 amide bonds. The number of aromatic hydroxyl groups is 1. The van der Waals surface area contributed by atoms with Crippen LogP contribution in [0.3, 0.4) is 0 Å². The Bertz CT molecular complexity index is 302. The molecule has 0 spiro atoms. The Labute approximate surface area is 71.2 Å². The van der Waals surface area contributed by atoms with E-state index in [-0.39, 0.29) is 18.0 Å². The van der Waals surface area contributed by atoms with Crippen LogP contribution in [0.4, 0.5) is 0 Å². The Morgan fingerprint density at radius 3 is 2.75 bits per heavy atom. The van der Waals surface area contributed by atoms with Crippen molar-refractivity contribution in [3.63, 3.8) is 0 Å². The fraction of sp³-hybridized carbons (Fsp3) is 0.100. The van der Waals surface area contributed by atoms with Crippen molar-refractivity contribution in [2.24, 2.45) is 0 Å². The van der Waals surface area contributed by atoms with Crippen LogP contribution >= 0.6 is 0 Å². The molecular formula is C10H10O2. The Morgan fingerprint density at radius 1 is 1.50 bits per heavy atom. The number of para-hydroxylation sites is 1. The van der Waals surface area contributed by atoms with Gasteiger partial charge in [-0.2, -0.15) is 0 Å². The highest BCUT2D eigenvalue weighted by molar-refractivity contribution is 5.91. The lowest BCUT2D eigenvalue weighted by Crippen LogP contribution is -1.97. The van der Waals surface area contributed by atoms with E-state index in [1.807, 2.05) is 0 Å². The maximum atomic E-state index is 10.9. The fourth-order valence-electron chi connectivity index (χ4n) is 0.920. The first-order chi connectivity index (χ1) is 5.74. The van der Waals surface area contributed by atoms with Crippen molar-refractivity contribution in [1.82, 2.24) is 0 Å². The Hall–Kier alpha value is -1.57. The predicted octanol–water partition coefficient (Wildman–Crippen LogP) is 1.69. The van der Waals surface area contributed by atoms with E-state index in [0.717, 1.165) is 0 Å². The van der Waals surface area contributed by atoms with Crippen LogP contribution in [0.25, 0.3) is 0 Å². The molecule has 12 heavy (non-hydrogen) atoms. The molecule has 0 fully saturated rings. The number of rotatable bonds is 3. The first-order valence-corrected chi connectivity index (χ1v) is 3.66. The molecule has 0 saturated heterocycles. The van der Waals surface area contributed by atoms with Crippen molar-refractivity contribution >= 4 is 5.78 Å². The van der Waals surface area contributed by atoms with Crippen molar-refractivity contribution < 1.29 is 9.90 Å². The third kappa shape index (κ3) is 1.95. The molecule has 0 saturated carbocycles. The molecule has 62 valence electrons. The van der Waals surface area contributed by atoms with Crippen molar-refractivity contribution in [3.8, 4) is 5.75 Å². The lowest BCUT2D eigenvalue weighted by molar-refractivity contribution is -0.114. The van der Waals surface area contributed by atoms with Gasteiger partial charge in [-0.15, -0.1) is 0 Å². The highest BCUT2D eigenvalue weighted by atomic mass is 16.3. The standard InChI is InChI=1S/C10H10O2/c1-2-9(11)7-8-5-3-4-6-10(8)12/h2-6,12H,1,7H2. The first kappa shape index (κ1) is 8.53. The van der Waals surface area contributed by atoms with Crippen molar-refractivity contribution in [2.75, 3.05) is 0 Å². The Balaban J connectivity index is 2.82. The van der Waals surface area contributed by atoms with Crippen LogP contribution in [0.5, 0.6) is 5.75 Å². The van der Waals surface area contributed by atoms with Gasteiger partial charge in [-0.1, -0.05) is 24.8 Å². The van der Waals surface area contributed by atoms with Crippen molar-refractivity contribution in [3.05, 3.63) is 42.5 Å². The molecule has 0 aromatic heterocycles. The molecule has 0 radical (unpaired) electrons. The topological polar surface area (TPSA) is 37.3 Å². The normalized spacial score (nSPS) is 9.33. The summed E-state index contributed by atoms with van der Waals surface area (Å²) >= 11 is 0. The van der Waals surface area contributed by atoms with E-state index in [1.165, 1.54) is 6.08 Å². The van der Waals surface area contributed by atoms with E-state index in [2.05, 4.69) is 6.58 Å². The minimum absolute atomic E-state index is 0.0866. The molecule has 0 aliphatic carbocycles. The van der Waals surface area contributed by atoms with Crippen LogP contribution in [-0.4, -0.2) is 10.9 Å². The highest BCUT2D eigenvalue weighted by Crippen LogP contribution is 2.15. The van der Waals surface area contributed by atoms with Gasteiger partial charge in [0.2, 0.25) is 0 Å². The maximum Gasteiger partial charge on any atom is 0.159 e. The van der Waals surface area contributed by atoms with Crippen molar-refractivity contribution in [2.45, 2.75) is 6.42 Å². The maximum absolute atomic E-state index is 10.9. The summed E-state index contributed by atoms with van der Waals surface area (Å²) in [6.07, 6.45) is 1.47. The molecule has 2 heteroatoms. The molecule has 1 rings (SSSR count). The van der Waals surface area contributed by atoms with E-state index >= 15 is 0 Å². The van der Waals surface area contributed by atoms with E-state index in [9.17, 15) is 9.90 Å². The molecule has 1 N–H and O–H groups in total. The van der Waals surface area contributed by atoms with Crippen molar-refractivity contribution in [1.29, 1.82) is 0 Å². The summed E-state index contributed by atoms with van der Waals surface area (Å²) in [5, 5.41) is 9.27. The van der Waals surface area contributed by atoms with Gasteiger partial charge in [0.25, 0.3) is 0 Å². The van der Waals surface area contributed by atoms with Crippen LogP contribution in [0.15, 0.2) is 36.9 Å². The number of ketones is 1. The zero-order valence-electron chi connectivity index (χ0n) is 6.66. The minimum atomic E-state index is -0.0866. The van der Waals surface area contributed by atoms with Gasteiger partial charge in [0.1, 0.15) is 5.75 Å². The molecule has 0 heterocycles. The number of hydrogen-bond donors (Lipinski definition) is 1. The van der Waals surface area contributed by atoms with E-state index in [0.29, 0.717) is 5.56 Å². The number of benzene rings is 1. The van der Waals surface area contributed by atoms with Gasteiger partial charge in [-0.05, 0) is 12.1 Å². The highest BCUT2D eigenvalue weighted by Gasteiger charge is 2.02. The van der Waals surface area contributed by atoms with Gasteiger partial charge in [0.15, 0.2) is 5.78 Å². The number of allylic oxidation sites excluding steroid dienone is 1. The predicted molar refractivity (Wildman–Crippen MR) is 47.0 cm³/mol. The first-order valence-electron chi connectivity index (χ1n) is 3.66. The summed E-state index contributed by atoms with van der Waals surface area (Å²) in [4.78, 5) is 10.9. The van der Waals surface area contributed by atoms with Gasteiger partial charge in [0.05, 0.1) is 0 Å². The number of phenolic OH excluding ortho intramolecular Hbond substituents is 1. The minimum Gasteiger partial charge on any atom is -0.508 e. The summed E-state index contributed by atoms with van der Waals surface area (Å²) in [7, 11) is 0. The van der Waals surface area contributed by atoms with Crippen LogP contribution in [-0.2, 0) is 11.2 Å².